The van der Waals surface area contributed by atoms with Crippen LogP contribution in [0.5, 0.6) is 0 Å². The van der Waals surface area contributed by atoms with Crippen LogP contribution in [-0.2, 0) is 11.8 Å². The number of hydrogen-bond donors (Lipinski definition) is 3. The molecule has 7 nitrogen and oxygen atoms in total. The molecule has 0 bridgehead atoms. The van der Waals surface area contributed by atoms with Crippen LogP contribution in [0.4, 0.5) is 0 Å². The van der Waals surface area contributed by atoms with Gasteiger partial charge in [0.05, 0.1) is 23.5 Å². The molecule has 0 spiro atoms. The number of carbonyl (C=O) groups is 1. The van der Waals surface area contributed by atoms with Crippen molar-refractivity contribution in [2.75, 3.05) is 6.54 Å². The van der Waals surface area contributed by atoms with Crippen LogP contribution >= 0.6 is 0 Å². The molecule has 27 heavy (non-hydrogen) atoms. The van der Waals surface area contributed by atoms with Gasteiger partial charge in [0.15, 0.2) is 0 Å². The van der Waals surface area contributed by atoms with Crippen LogP contribution in [0.1, 0.15) is 36.3 Å². The summed E-state index contributed by atoms with van der Waals surface area (Å²) in [5, 5.41) is 14.0. The van der Waals surface area contributed by atoms with Crippen molar-refractivity contribution in [1.29, 1.82) is 5.26 Å². The second kappa shape index (κ2) is 7.14. The molecule has 7 heteroatoms. The van der Waals surface area contributed by atoms with E-state index in [4.69, 9.17) is 5.73 Å². The Morgan fingerprint density at radius 1 is 1.37 bits per heavy atom. The van der Waals surface area contributed by atoms with E-state index >= 15 is 0 Å². The number of aryl methyl sites for hydroxylation is 1. The largest absolute Gasteiger partial charge is 0.329 e. The van der Waals surface area contributed by atoms with Gasteiger partial charge in [0.25, 0.3) is 0 Å². The number of carbonyl (C=O) groups excluding carboxylic acids is 1. The van der Waals surface area contributed by atoms with E-state index in [0.717, 1.165) is 36.1 Å². The molecule has 140 valence electrons. The highest BCUT2D eigenvalue weighted by molar-refractivity contribution is 5.79. The summed E-state index contributed by atoms with van der Waals surface area (Å²) in [6, 6.07) is 10.0. The lowest BCUT2D eigenvalue weighted by atomic mass is 9.68. The molecule has 2 aromatic rings. The van der Waals surface area contributed by atoms with Gasteiger partial charge in [0, 0.05) is 36.7 Å². The molecule has 4 N–H and O–H groups in total. The van der Waals surface area contributed by atoms with Crippen LogP contribution < -0.4 is 16.6 Å². The van der Waals surface area contributed by atoms with Crippen LogP contribution in [0.2, 0.25) is 0 Å². The lowest BCUT2D eigenvalue weighted by Crippen LogP contribution is -2.62. The first-order valence-corrected chi connectivity index (χ1v) is 9.40. The standard InChI is InChI=1S/C20H24N6O/c1-26-19(14-5-3-2-4-13(14)9-21)17(11-23-26)12-6-7-15-16(8-12)18(10-22)24-25-20(15)27/h2-5,11-12,15-16,18,24H,6-8,10,22H2,1H3,(H,25,27). The fourth-order valence-corrected chi connectivity index (χ4v) is 4.73. The maximum Gasteiger partial charge on any atom is 0.237 e. The quantitative estimate of drug-likeness (QED) is 0.763. The van der Waals surface area contributed by atoms with Gasteiger partial charge in [0.1, 0.15) is 0 Å². The SMILES string of the molecule is Cn1ncc(C2CCC3C(=O)NNC(CN)C3C2)c1-c1ccccc1C#N. The Morgan fingerprint density at radius 3 is 2.96 bits per heavy atom. The van der Waals surface area contributed by atoms with E-state index in [0.29, 0.717) is 18.0 Å². The van der Waals surface area contributed by atoms with Gasteiger partial charge in [0.2, 0.25) is 5.91 Å². The molecule has 1 aromatic carbocycles. The smallest absolute Gasteiger partial charge is 0.237 e. The van der Waals surface area contributed by atoms with Crippen molar-refractivity contribution in [1.82, 2.24) is 20.6 Å². The van der Waals surface area contributed by atoms with Crippen molar-refractivity contribution in [3.05, 3.63) is 41.6 Å². The van der Waals surface area contributed by atoms with Gasteiger partial charge >= 0.3 is 0 Å². The number of rotatable bonds is 3. The lowest BCUT2D eigenvalue weighted by molar-refractivity contribution is -0.133. The fraction of sp³-hybridized carbons (Fsp3) is 0.450. The number of nitrogens with one attached hydrogen (secondary N) is 2. The molecule has 2 heterocycles. The summed E-state index contributed by atoms with van der Waals surface area (Å²) in [7, 11) is 1.91. The summed E-state index contributed by atoms with van der Waals surface area (Å²) in [6.45, 7) is 0.491. The molecular weight excluding hydrogens is 340 g/mol. The van der Waals surface area contributed by atoms with Gasteiger partial charge in [-0.05, 0) is 37.2 Å². The van der Waals surface area contributed by atoms with Gasteiger partial charge in [-0.3, -0.25) is 14.9 Å². The monoisotopic (exact) mass is 364 g/mol. The number of fused-ring (bicyclic) bond motifs is 1. The second-order valence-corrected chi connectivity index (χ2v) is 7.49. The Balaban J connectivity index is 1.69. The molecule has 0 radical (unpaired) electrons. The first kappa shape index (κ1) is 17.7. The third-order valence-electron chi connectivity index (χ3n) is 6.10. The zero-order valence-electron chi connectivity index (χ0n) is 15.4. The first-order chi connectivity index (χ1) is 13.1. The summed E-state index contributed by atoms with van der Waals surface area (Å²) < 4.78 is 1.85. The average Bonchev–Trinajstić information content (AvgIpc) is 3.09. The molecule has 1 saturated carbocycles. The van der Waals surface area contributed by atoms with Crippen LogP contribution in [0.15, 0.2) is 30.5 Å². The number of amides is 1. The zero-order chi connectivity index (χ0) is 19.0. The first-order valence-electron chi connectivity index (χ1n) is 9.40. The Bertz CT molecular complexity index is 898. The molecule has 1 amide bonds. The number of benzene rings is 1. The molecule has 1 aliphatic heterocycles. The highest BCUT2D eigenvalue weighted by Crippen LogP contribution is 2.44. The summed E-state index contributed by atoms with van der Waals surface area (Å²) in [4.78, 5) is 12.2. The molecule has 1 saturated heterocycles. The number of hydrogen-bond acceptors (Lipinski definition) is 5. The molecule has 1 aromatic heterocycles. The van der Waals surface area contributed by atoms with Gasteiger partial charge in [-0.25, -0.2) is 5.43 Å². The van der Waals surface area contributed by atoms with Crippen molar-refractivity contribution in [2.24, 2.45) is 24.6 Å². The van der Waals surface area contributed by atoms with E-state index in [1.54, 1.807) is 0 Å². The normalized spacial score (nSPS) is 27.5. The molecule has 4 rings (SSSR count). The van der Waals surface area contributed by atoms with E-state index in [1.165, 1.54) is 0 Å². The van der Waals surface area contributed by atoms with E-state index in [1.807, 2.05) is 42.2 Å². The van der Waals surface area contributed by atoms with Gasteiger partial charge < -0.3 is 5.73 Å². The minimum absolute atomic E-state index is 0.0163. The van der Waals surface area contributed by atoms with Crippen molar-refractivity contribution >= 4 is 5.91 Å². The molecule has 1 aliphatic carbocycles. The van der Waals surface area contributed by atoms with Crippen LogP contribution in [0, 0.1) is 23.2 Å². The lowest BCUT2D eigenvalue weighted by Gasteiger charge is -2.43. The number of hydrazine groups is 1. The van der Waals surface area contributed by atoms with Crippen molar-refractivity contribution in [3.8, 4) is 17.3 Å². The maximum atomic E-state index is 12.2. The van der Waals surface area contributed by atoms with Crippen molar-refractivity contribution in [2.45, 2.75) is 31.2 Å². The van der Waals surface area contributed by atoms with Crippen molar-refractivity contribution in [3.63, 3.8) is 0 Å². The highest BCUT2D eigenvalue weighted by atomic mass is 16.2. The summed E-state index contributed by atoms with van der Waals surface area (Å²) >= 11 is 0. The zero-order valence-corrected chi connectivity index (χ0v) is 15.4. The number of aromatic nitrogens is 2. The van der Waals surface area contributed by atoms with E-state index in [9.17, 15) is 10.1 Å². The average molecular weight is 364 g/mol. The Morgan fingerprint density at radius 2 is 2.19 bits per heavy atom. The van der Waals surface area contributed by atoms with E-state index in [2.05, 4.69) is 22.0 Å². The third-order valence-corrected chi connectivity index (χ3v) is 6.10. The van der Waals surface area contributed by atoms with Gasteiger partial charge in [-0.2, -0.15) is 10.4 Å². The van der Waals surface area contributed by atoms with E-state index in [-0.39, 0.29) is 23.8 Å². The predicted molar refractivity (Wildman–Crippen MR) is 101 cm³/mol. The Labute approximate surface area is 158 Å². The number of nitriles is 1. The predicted octanol–water partition coefficient (Wildman–Crippen LogP) is 1.42. The minimum atomic E-state index is 0.0163. The van der Waals surface area contributed by atoms with Crippen LogP contribution in [0.3, 0.4) is 0 Å². The summed E-state index contributed by atoms with van der Waals surface area (Å²) in [5.74, 6) is 0.595. The molecule has 4 atom stereocenters. The fourth-order valence-electron chi connectivity index (χ4n) is 4.73. The third kappa shape index (κ3) is 3.01. The van der Waals surface area contributed by atoms with Gasteiger partial charge in [-0.1, -0.05) is 18.2 Å². The molecule has 4 unspecified atom stereocenters. The minimum Gasteiger partial charge on any atom is -0.329 e. The topological polar surface area (TPSA) is 109 Å². The Hall–Kier alpha value is -2.69. The second-order valence-electron chi connectivity index (χ2n) is 7.49. The molecular formula is C20H24N6O. The van der Waals surface area contributed by atoms with Crippen LogP contribution in [-0.4, -0.2) is 28.3 Å². The van der Waals surface area contributed by atoms with E-state index < -0.39 is 0 Å². The maximum absolute atomic E-state index is 12.2. The number of nitrogens with zero attached hydrogens (tertiary/aromatic N) is 3. The summed E-state index contributed by atoms with van der Waals surface area (Å²) in [6.07, 6.45) is 4.58. The molecule has 2 aliphatic rings. The molecule has 2 fully saturated rings. The van der Waals surface area contributed by atoms with Gasteiger partial charge in [-0.15, -0.1) is 0 Å². The Kier molecular flexibility index (Phi) is 4.68. The number of nitrogens with two attached hydrogens (primary N) is 1. The summed E-state index contributed by atoms with van der Waals surface area (Å²) in [5.41, 5.74) is 15.5. The van der Waals surface area contributed by atoms with Crippen LogP contribution in [0.25, 0.3) is 11.3 Å². The highest BCUT2D eigenvalue weighted by Gasteiger charge is 2.43. The van der Waals surface area contributed by atoms with Crippen molar-refractivity contribution < 1.29 is 4.79 Å².